The van der Waals surface area contributed by atoms with Crippen LogP contribution in [0.25, 0.3) is 188 Å². The van der Waals surface area contributed by atoms with Crippen molar-refractivity contribution >= 4 is 171 Å². The standard InChI is InChI=1S/C80H45N5S3/c1-7-25-67-53(19-1)59-40-62-56-22-4-10-28-73(56)86-76(62)43-70(59)83(67)50-34-31-46(32-35-50)80-81-66-36-33-48(47-15-13-17-51(37-47)84-68-26-8-2-20-54(68)60-41-63-57-23-5-11-29-74(57)87-77(63)44-71(60)84)39-65(66)79(82-80)49-16-14-18-52(38-49)85-69-27-9-3-21-55(69)61-42-64-58-24-6-12-30-75(58)88-78(64)45-72(61)85/h1-45H. The average molecular weight is 1170 g/mol. The van der Waals surface area contributed by atoms with E-state index in [1.54, 1.807) is 0 Å². The van der Waals surface area contributed by atoms with E-state index in [0.29, 0.717) is 5.82 Å². The molecular formula is C80H45N5S3. The summed E-state index contributed by atoms with van der Waals surface area (Å²) in [6.07, 6.45) is 0. The molecule has 0 aliphatic carbocycles. The summed E-state index contributed by atoms with van der Waals surface area (Å²) in [5, 5.41) is 16.3. The molecule has 0 radical (unpaired) electrons. The first-order valence-electron chi connectivity index (χ1n) is 29.8. The van der Waals surface area contributed by atoms with E-state index in [-0.39, 0.29) is 0 Å². The molecule has 7 heterocycles. The monoisotopic (exact) mass is 1170 g/mol. The van der Waals surface area contributed by atoms with Crippen molar-refractivity contribution in [2.75, 3.05) is 0 Å². The Balaban J connectivity index is 0.761. The van der Waals surface area contributed by atoms with Crippen molar-refractivity contribution < 1.29 is 0 Å². The fourth-order valence-electron chi connectivity index (χ4n) is 14.4. The third-order valence-electron chi connectivity index (χ3n) is 18.4. The summed E-state index contributed by atoms with van der Waals surface area (Å²) in [6, 6.07) is 101. The molecule has 0 amide bonds. The van der Waals surface area contributed by atoms with Gasteiger partial charge in [-0.3, -0.25) is 0 Å². The van der Waals surface area contributed by atoms with Crippen molar-refractivity contribution in [2.45, 2.75) is 0 Å². The van der Waals surface area contributed by atoms with Gasteiger partial charge < -0.3 is 13.7 Å². The molecule has 0 fully saturated rings. The van der Waals surface area contributed by atoms with Crippen LogP contribution in [0.15, 0.2) is 273 Å². The van der Waals surface area contributed by atoms with Crippen LogP contribution < -0.4 is 0 Å². The van der Waals surface area contributed by atoms with Gasteiger partial charge in [0.25, 0.3) is 0 Å². The zero-order valence-electron chi connectivity index (χ0n) is 46.9. The molecule has 8 heteroatoms. The second-order valence-electron chi connectivity index (χ2n) is 23.2. The van der Waals surface area contributed by atoms with Crippen molar-refractivity contribution in [3.8, 4) is 50.8 Å². The molecule has 20 aromatic rings. The number of rotatable bonds is 6. The predicted molar refractivity (Wildman–Crippen MR) is 378 cm³/mol. The Morgan fingerprint density at radius 3 is 1.10 bits per heavy atom. The Bertz CT molecular complexity index is 6380. The molecule has 0 unspecified atom stereocenters. The van der Waals surface area contributed by atoms with Crippen molar-refractivity contribution in [3.05, 3.63) is 273 Å². The van der Waals surface area contributed by atoms with Gasteiger partial charge in [0, 0.05) is 126 Å². The zero-order chi connectivity index (χ0) is 57.3. The Morgan fingerprint density at radius 1 is 0.216 bits per heavy atom. The molecule has 13 aromatic carbocycles. The van der Waals surface area contributed by atoms with E-state index >= 15 is 0 Å². The SMILES string of the molecule is c1cc(-c2ccc3nc(-c4ccc(-n5c6ccccc6c6cc7c(cc65)sc5ccccc57)cc4)nc(-c4cccc(-n5c6ccccc6c6cc7c(cc65)sc5ccccc57)c4)c3c2)cc(-n2c3ccccc3c3cc4c(cc32)sc2ccccc24)c1. The van der Waals surface area contributed by atoms with Crippen LogP contribution in [0.3, 0.4) is 0 Å². The van der Waals surface area contributed by atoms with Crippen LogP contribution in [0.4, 0.5) is 0 Å². The van der Waals surface area contributed by atoms with Crippen LogP contribution in [-0.4, -0.2) is 23.7 Å². The van der Waals surface area contributed by atoms with Crippen LogP contribution >= 0.6 is 34.0 Å². The first-order chi connectivity index (χ1) is 43.6. The van der Waals surface area contributed by atoms with E-state index in [1.807, 2.05) is 34.0 Å². The van der Waals surface area contributed by atoms with Gasteiger partial charge in [-0.25, -0.2) is 9.97 Å². The quantitative estimate of drug-likeness (QED) is 0.166. The molecule has 20 rings (SSSR count). The largest absolute Gasteiger partial charge is 0.309 e. The highest BCUT2D eigenvalue weighted by atomic mass is 32.1. The summed E-state index contributed by atoms with van der Waals surface area (Å²) in [6.45, 7) is 0. The number of hydrogen-bond acceptors (Lipinski definition) is 5. The maximum absolute atomic E-state index is 5.68. The average Bonchev–Trinajstić information content (AvgIpc) is 1.75. The lowest BCUT2D eigenvalue weighted by Gasteiger charge is -2.15. The molecule has 0 bridgehead atoms. The molecule has 408 valence electrons. The molecule has 0 saturated heterocycles. The topological polar surface area (TPSA) is 40.6 Å². The normalized spacial score (nSPS) is 12.3. The van der Waals surface area contributed by atoms with Crippen molar-refractivity contribution in [1.82, 2.24) is 23.7 Å². The van der Waals surface area contributed by atoms with E-state index in [4.69, 9.17) is 9.97 Å². The molecular weight excluding hydrogens is 1130 g/mol. The van der Waals surface area contributed by atoms with Gasteiger partial charge >= 0.3 is 0 Å². The Morgan fingerprint density at radius 2 is 0.614 bits per heavy atom. The summed E-state index contributed by atoms with van der Waals surface area (Å²) >= 11 is 5.59. The van der Waals surface area contributed by atoms with E-state index in [1.165, 1.54) is 126 Å². The lowest BCUT2D eigenvalue weighted by atomic mass is 9.99. The van der Waals surface area contributed by atoms with Gasteiger partial charge in [-0.1, -0.05) is 140 Å². The summed E-state index contributed by atoms with van der Waals surface area (Å²) in [7, 11) is 0. The fourth-order valence-corrected chi connectivity index (χ4v) is 17.8. The molecule has 0 aliphatic heterocycles. The molecule has 88 heavy (non-hydrogen) atoms. The third kappa shape index (κ3) is 7.07. The third-order valence-corrected chi connectivity index (χ3v) is 21.8. The molecule has 7 aromatic heterocycles. The van der Waals surface area contributed by atoms with Crippen LogP contribution in [0, 0.1) is 0 Å². The van der Waals surface area contributed by atoms with Crippen LogP contribution in [-0.2, 0) is 0 Å². The van der Waals surface area contributed by atoms with E-state index < -0.39 is 0 Å². The first kappa shape index (κ1) is 48.5. The van der Waals surface area contributed by atoms with Crippen LogP contribution in [0.2, 0.25) is 0 Å². The summed E-state index contributed by atoms with van der Waals surface area (Å²) < 4.78 is 15.1. The van der Waals surface area contributed by atoms with Crippen LogP contribution in [0.1, 0.15) is 0 Å². The lowest BCUT2D eigenvalue weighted by molar-refractivity contribution is 1.17. The Hall–Kier alpha value is -10.7. The van der Waals surface area contributed by atoms with Gasteiger partial charge in [-0.15, -0.1) is 34.0 Å². The lowest BCUT2D eigenvalue weighted by Crippen LogP contribution is -1.99. The highest BCUT2D eigenvalue weighted by molar-refractivity contribution is 7.26. The molecule has 0 spiro atoms. The molecule has 0 atom stereocenters. The predicted octanol–water partition coefficient (Wildman–Crippen LogP) is 23.0. The number of hydrogen-bond donors (Lipinski definition) is 0. The molecule has 0 saturated carbocycles. The number of fused-ring (bicyclic) bond motifs is 19. The number of para-hydroxylation sites is 3. The number of thiophene rings is 3. The van der Waals surface area contributed by atoms with E-state index in [2.05, 4.69) is 287 Å². The van der Waals surface area contributed by atoms with Crippen molar-refractivity contribution in [3.63, 3.8) is 0 Å². The molecule has 5 nitrogen and oxygen atoms in total. The van der Waals surface area contributed by atoms with Gasteiger partial charge in [-0.2, -0.15) is 0 Å². The Kier molecular flexibility index (Phi) is 10.1. The minimum Gasteiger partial charge on any atom is -0.309 e. The summed E-state index contributed by atoms with van der Waals surface area (Å²) in [4.78, 5) is 11.1. The van der Waals surface area contributed by atoms with Gasteiger partial charge in [0.05, 0.1) is 44.3 Å². The van der Waals surface area contributed by atoms with Crippen LogP contribution in [0.5, 0.6) is 0 Å². The number of nitrogens with zero attached hydrogens (tertiary/aromatic N) is 5. The number of aromatic nitrogens is 5. The van der Waals surface area contributed by atoms with Gasteiger partial charge in [0.2, 0.25) is 0 Å². The molecule has 0 aliphatic rings. The maximum atomic E-state index is 5.68. The summed E-state index contributed by atoms with van der Waals surface area (Å²) in [5.41, 5.74) is 16.3. The smallest absolute Gasteiger partial charge is 0.160 e. The minimum absolute atomic E-state index is 0.673. The van der Waals surface area contributed by atoms with Crippen molar-refractivity contribution in [2.24, 2.45) is 0 Å². The second-order valence-corrected chi connectivity index (χ2v) is 26.5. The van der Waals surface area contributed by atoms with E-state index in [9.17, 15) is 0 Å². The maximum Gasteiger partial charge on any atom is 0.160 e. The number of benzene rings is 13. The van der Waals surface area contributed by atoms with Gasteiger partial charge in [0.1, 0.15) is 0 Å². The highest BCUT2D eigenvalue weighted by Crippen LogP contribution is 2.46. The molecule has 0 N–H and O–H groups in total. The van der Waals surface area contributed by atoms with E-state index in [0.717, 1.165) is 55.9 Å². The van der Waals surface area contributed by atoms with Gasteiger partial charge in [0.15, 0.2) is 5.82 Å². The highest BCUT2D eigenvalue weighted by Gasteiger charge is 2.22. The second kappa shape index (κ2) is 18.4. The van der Waals surface area contributed by atoms with Crippen molar-refractivity contribution in [1.29, 1.82) is 0 Å². The van der Waals surface area contributed by atoms with Gasteiger partial charge in [-0.05, 0) is 145 Å². The minimum atomic E-state index is 0.673. The first-order valence-corrected chi connectivity index (χ1v) is 32.2. The fraction of sp³-hybridized carbons (Fsp3) is 0. The zero-order valence-corrected chi connectivity index (χ0v) is 49.4. The summed E-state index contributed by atoms with van der Waals surface area (Å²) in [5.74, 6) is 0.673. The Labute approximate surface area is 514 Å².